The van der Waals surface area contributed by atoms with E-state index in [0.717, 1.165) is 11.1 Å². The van der Waals surface area contributed by atoms with Gasteiger partial charge in [-0.1, -0.05) is 47.5 Å². The van der Waals surface area contributed by atoms with E-state index in [4.69, 9.17) is 9.47 Å². The average Bonchev–Trinajstić information content (AvgIpc) is 2.72. The number of hydrogen-bond acceptors (Lipinski definition) is 5. The summed E-state index contributed by atoms with van der Waals surface area (Å²) in [7, 11) is -2.21. The Labute approximate surface area is 190 Å². The predicted octanol–water partition coefficient (Wildman–Crippen LogP) is 4.82. The average molecular weight is 453 g/mol. The van der Waals surface area contributed by atoms with Crippen LogP contribution in [-0.4, -0.2) is 21.7 Å². The van der Waals surface area contributed by atoms with E-state index < -0.39 is 10.0 Å². The fraction of sp³-hybridized carbons (Fsp3) is 0.240. The van der Waals surface area contributed by atoms with Gasteiger partial charge in [0.05, 0.1) is 18.2 Å². The summed E-state index contributed by atoms with van der Waals surface area (Å²) in [5, 5.41) is 3.96. The molecule has 0 amide bonds. The van der Waals surface area contributed by atoms with E-state index in [9.17, 15) is 8.42 Å². The van der Waals surface area contributed by atoms with Crippen LogP contribution >= 0.6 is 0 Å². The Morgan fingerprint density at radius 3 is 2.16 bits per heavy atom. The number of nitrogens with one attached hydrogen (secondary N) is 1. The molecule has 0 saturated carbocycles. The molecule has 6 nitrogen and oxygen atoms in total. The van der Waals surface area contributed by atoms with Crippen LogP contribution in [0.1, 0.15) is 33.4 Å². The third kappa shape index (κ3) is 5.68. The van der Waals surface area contributed by atoms with Gasteiger partial charge in [-0.15, -0.1) is 0 Å². The normalized spacial score (nSPS) is 11.5. The second kappa shape index (κ2) is 9.87. The van der Waals surface area contributed by atoms with Crippen molar-refractivity contribution in [1.82, 2.24) is 4.83 Å². The number of rotatable bonds is 8. The zero-order chi connectivity index (χ0) is 23.3. The highest BCUT2D eigenvalue weighted by Crippen LogP contribution is 2.28. The van der Waals surface area contributed by atoms with E-state index >= 15 is 0 Å². The molecule has 0 aliphatic rings. The molecule has 0 heterocycles. The lowest BCUT2D eigenvalue weighted by atomic mass is 10.1. The van der Waals surface area contributed by atoms with Crippen molar-refractivity contribution in [3.05, 3.63) is 88.0 Å². The molecule has 0 spiro atoms. The summed E-state index contributed by atoms with van der Waals surface area (Å²) in [6.45, 7) is 7.91. The van der Waals surface area contributed by atoms with E-state index in [-0.39, 0.29) is 4.90 Å². The molecule has 0 saturated heterocycles. The predicted molar refractivity (Wildman–Crippen MR) is 127 cm³/mol. The van der Waals surface area contributed by atoms with Gasteiger partial charge in [0.2, 0.25) is 0 Å². The SMILES string of the molecule is COc1ccc(/C=N/NS(=O)(=O)c2c(C)cc(C)cc2C)cc1OCc1ccc(C)cc1. The molecule has 7 heteroatoms. The molecular weight excluding hydrogens is 424 g/mol. The Kier molecular flexibility index (Phi) is 7.20. The van der Waals surface area contributed by atoms with Crippen molar-refractivity contribution in [2.45, 2.75) is 39.2 Å². The summed E-state index contributed by atoms with van der Waals surface area (Å²) in [6, 6.07) is 17.1. The fourth-order valence-corrected chi connectivity index (χ4v) is 4.79. The minimum atomic E-state index is -3.79. The molecular formula is C25H28N2O4S. The Bertz CT molecular complexity index is 1210. The van der Waals surface area contributed by atoms with Crippen molar-refractivity contribution < 1.29 is 17.9 Å². The Morgan fingerprint density at radius 1 is 0.875 bits per heavy atom. The third-order valence-electron chi connectivity index (χ3n) is 4.96. The number of methoxy groups -OCH3 is 1. The lowest BCUT2D eigenvalue weighted by Crippen LogP contribution is -2.20. The van der Waals surface area contributed by atoms with Gasteiger partial charge in [0.25, 0.3) is 10.0 Å². The van der Waals surface area contributed by atoms with Crippen molar-refractivity contribution in [3.8, 4) is 11.5 Å². The largest absolute Gasteiger partial charge is 0.493 e. The summed E-state index contributed by atoms with van der Waals surface area (Å²) < 4.78 is 36.8. The monoisotopic (exact) mass is 452 g/mol. The number of hydrogen-bond donors (Lipinski definition) is 1. The number of sulfonamides is 1. The van der Waals surface area contributed by atoms with Crippen molar-refractivity contribution in [1.29, 1.82) is 0 Å². The van der Waals surface area contributed by atoms with Gasteiger partial charge in [-0.25, -0.2) is 4.83 Å². The van der Waals surface area contributed by atoms with Gasteiger partial charge in [-0.2, -0.15) is 13.5 Å². The molecule has 1 N–H and O–H groups in total. The first-order valence-electron chi connectivity index (χ1n) is 10.2. The van der Waals surface area contributed by atoms with Gasteiger partial charge in [0.15, 0.2) is 11.5 Å². The van der Waals surface area contributed by atoms with Crippen LogP contribution in [0, 0.1) is 27.7 Å². The Balaban J connectivity index is 1.75. The highest BCUT2D eigenvalue weighted by atomic mass is 32.2. The second-order valence-corrected chi connectivity index (χ2v) is 9.36. The second-order valence-electron chi connectivity index (χ2n) is 7.77. The quantitative estimate of drug-likeness (QED) is 0.393. The van der Waals surface area contributed by atoms with E-state index in [1.807, 2.05) is 50.2 Å². The molecule has 32 heavy (non-hydrogen) atoms. The van der Waals surface area contributed by atoms with Crippen molar-refractivity contribution in [2.75, 3.05) is 7.11 Å². The molecule has 0 aliphatic carbocycles. The van der Waals surface area contributed by atoms with E-state index in [0.29, 0.717) is 34.8 Å². The first-order chi connectivity index (χ1) is 15.2. The summed E-state index contributed by atoms with van der Waals surface area (Å²) in [5.74, 6) is 1.13. The Morgan fingerprint density at radius 2 is 1.53 bits per heavy atom. The zero-order valence-electron chi connectivity index (χ0n) is 19.0. The van der Waals surface area contributed by atoms with Crippen molar-refractivity contribution in [2.24, 2.45) is 5.10 Å². The summed E-state index contributed by atoms with van der Waals surface area (Å²) in [6.07, 6.45) is 1.44. The Hall–Kier alpha value is -3.32. The molecule has 0 atom stereocenters. The summed E-state index contributed by atoms with van der Waals surface area (Å²) >= 11 is 0. The maximum absolute atomic E-state index is 12.8. The van der Waals surface area contributed by atoms with Gasteiger partial charge in [0.1, 0.15) is 6.61 Å². The highest BCUT2D eigenvalue weighted by molar-refractivity contribution is 7.89. The van der Waals surface area contributed by atoms with Crippen LogP contribution in [0.15, 0.2) is 64.6 Å². The standard InChI is InChI=1S/C25H28N2O4S/c1-17-6-8-21(9-7-17)16-31-24-14-22(10-11-23(24)30-5)15-26-27-32(28,29)25-19(3)12-18(2)13-20(25)4/h6-15,27H,16H2,1-5H3/b26-15+. The third-order valence-corrected chi connectivity index (χ3v) is 6.49. The van der Waals surface area contributed by atoms with Crippen LogP contribution in [-0.2, 0) is 16.6 Å². The van der Waals surface area contributed by atoms with Gasteiger partial charge in [0, 0.05) is 0 Å². The molecule has 168 valence electrons. The minimum absolute atomic E-state index is 0.247. The maximum atomic E-state index is 12.8. The van der Waals surface area contributed by atoms with E-state index in [1.54, 1.807) is 39.2 Å². The molecule has 3 rings (SSSR count). The van der Waals surface area contributed by atoms with E-state index in [2.05, 4.69) is 9.93 Å². The molecule has 0 radical (unpaired) electrons. The number of nitrogens with zero attached hydrogens (tertiary/aromatic N) is 1. The fourth-order valence-electron chi connectivity index (χ4n) is 3.54. The topological polar surface area (TPSA) is 77.0 Å². The molecule has 0 aromatic heterocycles. The first-order valence-corrected chi connectivity index (χ1v) is 11.7. The lowest BCUT2D eigenvalue weighted by molar-refractivity contribution is 0.284. The highest BCUT2D eigenvalue weighted by Gasteiger charge is 2.19. The molecule has 3 aromatic carbocycles. The summed E-state index contributed by atoms with van der Waals surface area (Å²) in [5.41, 5.74) is 5.27. The van der Waals surface area contributed by atoms with Gasteiger partial charge < -0.3 is 9.47 Å². The van der Waals surface area contributed by atoms with Crippen molar-refractivity contribution in [3.63, 3.8) is 0 Å². The molecule has 3 aromatic rings. The number of ether oxygens (including phenoxy) is 2. The molecule has 0 bridgehead atoms. The zero-order valence-corrected chi connectivity index (χ0v) is 19.8. The maximum Gasteiger partial charge on any atom is 0.277 e. The van der Waals surface area contributed by atoms with Crippen LogP contribution in [0.4, 0.5) is 0 Å². The van der Waals surface area contributed by atoms with Crippen LogP contribution < -0.4 is 14.3 Å². The van der Waals surface area contributed by atoms with Crippen molar-refractivity contribution >= 4 is 16.2 Å². The van der Waals surface area contributed by atoms with Crippen LogP contribution in [0.2, 0.25) is 0 Å². The van der Waals surface area contributed by atoms with Gasteiger partial charge in [-0.05, 0) is 68.1 Å². The van der Waals surface area contributed by atoms with Crippen LogP contribution in [0.25, 0.3) is 0 Å². The molecule has 0 fully saturated rings. The van der Waals surface area contributed by atoms with Crippen LogP contribution in [0.3, 0.4) is 0 Å². The molecule has 0 aliphatic heterocycles. The summed E-state index contributed by atoms with van der Waals surface area (Å²) in [4.78, 5) is 2.55. The molecule has 0 unspecified atom stereocenters. The smallest absolute Gasteiger partial charge is 0.277 e. The first kappa shape index (κ1) is 23.3. The number of hydrazone groups is 1. The van der Waals surface area contributed by atoms with E-state index in [1.165, 1.54) is 11.8 Å². The van der Waals surface area contributed by atoms with Gasteiger partial charge in [-0.3, -0.25) is 0 Å². The lowest BCUT2D eigenvalue weighted by Gasteiger charge is -2.12. The number of benzene rings is 3. The number of aryl methyl sites for hydroxylation is 4. The van der Waals surface area contributed by atoms with Gasteiger partial charge >= 0.3 is 0 Å². The van der Waals surface area contributed by atoms with Crippen LogP contribution in [0.5, 0.6) is 11.5 Å². The minimum Gasteiger partial charge on any atom is -0.493 e.